The van der Waals surface area contributed by atoms with E-state index < -0.39 is 0 Å². The summed E-state index contributed by atoms with van der Waals surface area (Å²) in [6, 6.07) is 12.2. The second kappa shape index (κ2) is 9.08. The Labute approximate surface area is 195 Å². The number of hydrogen-bond donors (Lipinski definition) is 4. The molecule has 34 heavy (non-hydrogen) atoms. The lowest BCUT2D eigenvalue weighted by atomic mass is 9.98. The zero-order valence-electron chi connectivity index (χ0n) is 18.4. The maximum Gasteiger partial charge on any atom is 0.256 e. The molecule has 3 aromatic heterocycles. The molecule has 174 valence electrons. The first kappa shape index (κ1) is 21.8. The topological polar surface area (TPSA) is 154 Å². The molecule has 0 bridgehead atoms. The summed E-state index contributed by atoms with van der Waals surface area (Å²) in [5.74, 6) is 1.70. The number of ether oxygens (including phenoxy) is 1. The van der Waals surface area contributed by atoms with Crippen molar-refractivity contribution in [1.82, 2.24) is 19.4 Å². The number of benzene rings is 1. The van der Waals surface area contributed by atoms with Gasteiger partial charge < -0.3 is 26.6 Å². The van der Waals surface area contributed by atoms with Crippen molar-refractivity contribution in [2.45, 2.75) is 24.9 Å². The molecule has 6 N–H and O–H groups in total. The predicted molar refractivity (Wildman–Crippen MR) is 128 cm³/mol. The lowest BCUT2D eigenvalue weighted by Gasteiger charge is -2.27. The van der Waals surface area contributed by atoms with Gasteiger partial charge in [0.25, 0.3) is 5.91 Å². The van der Waals surface area contributed by atoms with Crippen molar-refractivity contribution in [2.24, 2.45) is 0 Å². The SMILES string of the molecule is Nc1cccc(NC(=O)c2ccc(-c3nc([C@@H]4CC[C@@H](CO)OC4)n4ccnc(N)c34)cc2)n1. The van der Waals surface area contributed by atoms with Gasteiger partial charge in [0.05, 0.1) is 19.3 Å². The third-order valence-corrected chi connectivity index (χ3v) is 5.98. The number of aliphatic hydroxyl groups is 1. The molecule has 4 heterocycles. The molecule has 1 aliphatic heterocycles. The zero-order chi connectivity index (χ0) is 23.7. The highest BCUT2D eigenvalue weighted by Crippen LogP contribution is 2.34. The largest absolute Gasteiger partial charge is 0.394 e. The van der Waals surface area contributed by atoms with Gasteiger partial charge in [0, 0.05) is 29.4 Å². The Bertz CT molecular complexity index is 1330. The number of nitrogens with two attached hydrogens (primary N) is 2. The van der Waals surface area contributed by atoms with Crippen molar-refractivity contribution >= 4 is 28.9 Å². The Morgan fingerprint density at radius 3 is 2.68 bits per heavy atom. The first-order valence-electron chi connectivity index (χ1n) is 11.0. The number of anilines is 3. The molecule has 0 spiro atoms. The maximum absolute atomic E-state index is 12.6. The van der Waals surface area contributed by atoms with Crippen molar-refractivity contribution < 1.29 is 14.6 Å². The molecule has 1 saturated heterocycles. The van der Waals surface area contributed by atoms with Crippen LogP contribution in [0.3, 0.4) is 0 Å². The first-order chi connectivity index (χ1) is 16.5. The fourth-order valence-corrected chi connectivity index (χ4v) is 4.22. The Kier molecular flexibility index (Phi) is 5.83. The Morgan fingerprint density at radius 1 is 1.15 bits per heavy atom. The van der Waals surface area contributed by atoms with Gasteiger partial charge in [-0.2, -0.15) is 0 Å². The molecule has 0 unspecified atom stereocenters. The summed E-state index contributed by atoms with van der Waals surface area (Å²) in [6.45, 7) is 0.494. The van der Waals surface area contributed by atoms with Gasteiger partial charge in [-0.15, -0.1) is 0 Å². The number of aromatic nitrogens is 4. The quantitative estimate of drug-likeness (QED) is 0.355. The van der Waals surface area contributed by atoms with Crippen LogP contribution in [-0.4, -0.2) is 49.7 Å². The van der Waals surface area contributed by atoms with E-state index in [0.29, 0.717) is 40.8 Å². The van der Waals surface area contributed by atoms with E-state index in [4.69, 9.17) is 21.2 Å². The number of imidazole rings is 1. The van der Waals surface area contributed by atoms with Gasteiger partial charge in [0.2, 0.25) is 0 Å². The standard InChI is InChI=1S/C24H25N7O3/c25-18-2-1-3-19(28-18)29-24(33)15-6-4-14(5-7-15)20-21-22(26)27-10-11-31(21)23(30-20)16-8-9-17(12-32)34-13-16/h1-7,10-11,16-17,32H,8-9,12-13H2,(H2,26,27)(H3,25,28,29,33)/t16-,17+/m1/s1. The Hall–Kier alpha value is -4.02. The van der Waals surface area contributed by atoms with Gasteiger partial charge in [0.1, 0.15) is 34.5 Å². The number of aliphatic hydroxyl groups excluding tert-OH is 1. The van der Waals surface area contributed by atoms with E-state index >= 15 is 0 Å². The lowest BCUT2D eigenvalue weighted by Crippen LogP contribution is -2.28. The average Bonchev–Trinajstić information content (AvgIpc) is 3.25. The highest BCUT2D eigenvalue weighted by atomic mass is 16.5. The highest BCUT2D eigenvalue weighted by molar-refractivity contribution is 6.04. The number of rotatable bonds is 5. The minimum absolute atomic E-state index is 0.0187. The molecule has 0 aliphatic carbocycles. The second-order valence-electron chi connectivity index (χ2n) is 8.24. The third-order valence-electron chi connectivity index (χ3n) is 5.98. The van der Waals surface area contributed by atoms with Crippen LogP contribution in [0.5, 0.6) is 0 Å². The summed E-state index contributed by atoms with van der Waals surface area (Å²) >= 11 is 0. The lowest BCUT2D eigenvalue weighted by molar-refractivity contribution is -0.0282. The molecule has 0 saturated carbocycles. The van der Waals surface area contributed by atoms with E-state index in [-0.39, 0.29) is 24.5 Å². The molecule has 5 rings (SSSR count). The summed E-state index contributed by atoms with van der Waals surface area (Å²) < 4.78 is 7.73. The van der Waals surface area contributed by atoms with Crippen molar-refractivity contribution in [1.29, 1.82) is 0 Å². The van der Waals surface area contributed by atoms with E-state index in [0.717, 1.165) is 24.2 Å². The van der Waals surface area contributed by atoms with E-state index in [1.165, 1.54) is 0 Å². The molecule has 10 nitrogen and oxygen atoms in total. The minimum Gasteiger partial charge on any atom is -0.394 e. The number of carbonyl (C=O) groups is 1. The Morgan fingerprint density at radius 2 is 1.97 bits per heavy atom. The van der Waals surface area contributed by atoms with Gasteiger partial charge in [-0.1, -0.05) is 18.2 Å². The van der Waals surface area contributed by atoms with Gasteiger partial charge in [-0.05, 0) is 37.1 Å². The fraction of sp³-hybridized carbons (Fsp3) is 0.250. The van der Waals surface area contributed by atoms with Gasteiger partial charge in [-0.25, -0.2) is 15.0 Å². The average molecular weight is 460 g/mol. The summed E-state index contributed by atoms with van der Waals surface area (Å²) in [7, 11) is 0. The van der Waals surface area contributed by atoms with E-state index in [9.17, 15) is 9.90 Å². The molecular weight excluding hydrogens is 434 g/mol. The van der Waals surface area contributed by atoms with Crippen LogP contribution in [0, 0.1) is 0 Å². The summed E-state index contributed by atoms with van der Waals surface area (Å²) in [6.07, 6.45) is 4.97. The van der Waals surface area contributed by atoms with E-state index in [1.54, 1.807) is 36.5 Å². The molecule has 2 atom stereocenters. The number of hydrogen-bond acceptors (Lipinski definition) is 8. The maximum atomic E-state index is 12.6. The summed E-state index contributed by atoms with van der Waals surface area (Å²) in [5, 5.41) is 12.1. The van der Waals surface area contributed by atoms with Crippen molar-refractivity contribution in [2.75, 3.05) is 30.0 Å². The van der Waals surface area contributed by atoms with Gasteiger partial charge in [-0.3, -0.25) is 9.20 Å². The number of amides is 1. The molecular formula is C24H25N7O3. The van der Waals surface area contributed by atoms with Crippen molar-refractivity contribution in [3.8, 4) is 11.3 Å². The molecule has 10 heteroatoms. The summed E-state index contributed by atoms with van der Waals surface area (Å²) in [4.78, 5) is 25.9. The van der Waals surface area contributed by atoms with Crippen LogP contribution in [0.15, 0.2) is 54.9 Å². The molecule has 1 fully saturated rings. The van der Waals surface area contributed by atoms with Crippen LogP contribution < -0.4 is 16.8 Å². The van der Waals surface area contributed by atoms with Crippen LogP contribution in [0.2, 0.25) is 0 Å². The number of nitrogens with zero attached hydrogens (tertiary/aromatic N) is 4. The number of carbonyl (C=O) groups excluding carboxylic acids is 1. The second-order valence-corrected chi connectivity index (χ2v) is 8.24. The van der Waals surface area contributed by atoms with Crippen LogP contribution in [0.4, 0.5) is 17.5 Å². The molecule has 4 aromatic rings. The van der Waals surface area contributed by atoms with Crippen molar-refractivity contribution in [3.05, 3.63) is 66.2 Å². The van der Waals surface area contributed by atoms with Gasteiger partial charge in [0.15, 0.2) is 0 Å². The van der Waals surface area contributed by atoms with Gasteiger partial charge >= 0.3 is 0 Å². The smallest absolute Gasteiger partial charge is 0.256 e. The minimum atomic E-state index is -0.293. The van der Waals surface area contributed by atoms with E-state index in [1.807, 2.05) is 22.7 Å². The molecule has 0 radical (unpaired) electrons. The normalized spacial score (nSPS) is 18.1. The van der Waals surface area contributed by atoms with Crippen molar-refractivity contribution in [3.63, 3.8) is 0 Å². The number of nitrogens with one attached hydrogen (secondary N) is 1. The number of nitrogen functional groups attached to an aromatic ring is 2. The molecule has 1 aliphatic rings. The van der Waals surface area contributed by atoms with Crippen LogP contribution in [0.1, 0.15) is 34.9 Å². The predicted octanol–water partition coefficient (Wildman–Crippen LogP) is 2.46. The molecule has 1 amide bonds. The Balaban J connectivity index is 1.44. The van der Waals surface area contributed by atoms with Crippen LogP contribution >= 0.6 is 0 Å². The highest BCUT2D eigenvalue weighted by Gasteiger charge is 2.27. The first-order valence-corrected chi connectivity index (χ1v) is 11.0. The fourth-order valence-electron chi connectivity index (χ4n) is 4.22. The monoisotopic (exact) mass is 459 g/mol. The third kappa shape index (κ3) is 4.16. The number of pyridine rings is 1. The summed E-state index contributed by atoms with van der Waals surface area (Å²) in [5.41, 5.74) is 14.6. The van der Waals surface area contributed by atoms with E-state index in [2.05, 4.69) is 15.3 Å². The zero-order valence-corrected chi connectivity index (χ0v) is 18.4. The molecule has 1 aromatic carbocycles. The van der Waals surface area contributed by atoms with Crippen LogP contribution in [-0.2, 0) is 4.74 Å². The number of fused-ring (bicyclic) bond motifs is 1. The van der Waals surface area contributed by atoms with Crippen LogP contribution in [0.25, 0.3) is 16.8 Å².